The van der Waals surface area contributed by atoms with E-state index < -0.39 is 0 Å². The summed E-state index contributed by atoms with van der Waals surface area (Å²) in [4.78, 5) is 7.26. The number of rotatable bonds is 5. The SMILES string of the molecule is Cl.Cl.c1ccc(CC2CCN(CCSC3=NCc4ccccc4N3)C2)cc1. The smallest absolute Gasteiger partial charge is 0.161 e. The Morgan fingerprint density at radius 1 is 1.04 bits per heavy atom. The van der Waals surface area contributed by atoms with Crippen LogP contribution in [0.3, 0.4) is 0 Å². The van der Waals surface area contributed by atoms with E-state index in [-0.39, 0.29) is 24.8 Å². The first-order chi connectivity index (χ1) is 12.4. The summed E-state index contributed by atoms with van der Waals surface area (Å²) in [5.74, 6) is 1.91. The van der Waals surface area contributed by atoms with Crippen LogP contribution in [0.15, 0.2) is 59.6 Å². The number of hydrogen-bond acceptors (Lipinski definition) is 4. The van der Waals surface area contributed by atoms with Crippen molar-refractivity contribution >= 4 is 47.4 Å². The second-order valence-corrected chi connectivity index (χ2v) is 7.98. The summed E-state index contributed by atoms with van der Waals surface area (Å²) >= 11 is 1.85. The van der Waals surface area contributed by atoms with Gasteiger partial charge in [-0.2, -0.15) is 0 Å². The fourth-order valence-electron chi connectivity index (χ4n) is 3.67. The van der Waals surface area contributed by atoms with Gasteiger partial charge in [-0.15, -0.1) is 24.8 Å². The van der Waals surface area contributed by atoms with Gasteiger partial charge >= 0.3 is 0 Å². The van der Waals surface area contributed by atoms with Gasteiger partial charge in [0, 0.05) is 24.5 Å². The Kier molecular flexibility index (Phi) is 8.97. The topological polar surface area (TPSA) is 27.6 Å². The molecule has 3 nitrogen and oxygen atoms in total. The standard InChI is InChI=1S/C21H25N3S.2ClH/c1-2-6-17(7-3-1)14-18-10-11-24(16-18)12-13-25-21-22-15-19-8-4-5-9-20(19)23-21;;/h1-9,18H,10-16H2,(H,22,23);2*1H. The fourth-order valence-corrected chi connectivity index (χ4v) is 4.56. The van der Waals surface area contributed by atoms with Crippen LogP contribution >= 0.6 is 36.6 Å². The lowest BCUT2D eigenvalue weighted by Crippen LogP contribution is -2.25. The molecule has 0 amide bonds. The van der Waals surface area contributed by atoms with Crippen molar-refractivity contribution in [3.8, 4) is 0 Å². The van der Waals surface area contributed by atoms with E-state index in [4.69, 9.17) is 0 Å². The number of para-hydroxylation sites is 1. The van der Waals surface area contributed by atoms with Gasteiger partial charge < -0.3 is 10.2 Å². The third-order valence-electron chi connectivity index (χ3n) is 5.04. The Hall–Kier alpha value is -1.20. The lowest BCUT2D eigenvalue weighted by Gasteiger charge is -2.19. The minimum absolute atomic E-state index is 0. The van der Waals surface area contributed by atoms with Crippen molar-refractivity contribution in [3.05, 3.63) is 65.7 Å². The minimum Gasteiger partial charge on any atom is -0.335 e. The lowest BCUT2D eigenvalue weighted by atomic mass is 9.99. The van der Waals surface area contributed by atoms with E-state index in [0.717, 1.165) is 29.9 Å². The van der Waals surface area contributed by atoms with E-state index >= 15 is 0 Å². The van der Waals surface area contributed by atoms with Crippen LogP contribution in [0.25, 0.3) is 0 Å². The highest BCUT2D eigenvalue weighted by Crippen LogP contribution is 2.24. The van der Waals surface area contributed by atoms with Gasteiger partial charge in [0.2, 0.25) is 0 Å². The number of halogens is 2. The molecular weight excluding hydrogens is 397 g/mol. The van der Waals surface area contributed by atoms with E-state index in [9.17, 15) is 0 Å². The summed E-state index contributed by atoms with van der Waals surface area (Å²) in [5, 5.41) is 4.53. The molecule has 0 aliphatic carbocycles. The molecule has 2 heterocycles. The highest BCUT2D eigenvalue weighted by atomic mass is 35.5. The molecule has 6 heteroatoms. The van der Waals surface area contributed by atoms with Crippen LogP contribution in [0.2, 0.25) is 0 Å². The Morgan fingerprint density at radius 2 is 1.81 bits per heavy atom. The van der Waals surface area contributed by atoms with Crippen molar-refractivity contribution < 1.29 is 0 Å². The molecule has 2 aromatic carbocycles. The molecule has 0 bridgehead atoms. The first-order valence-corrected chi connectivity index (χ1v) is 10.1. The molecule has 1 saturated heterocycles. The average Bonchev–Trinajstić information content (AvgIpc) is 3.10. The number of nitrogens with one attached hydrogen (secondary N) is 1. The van der Waals surface area contributed by atoms with Crippen LogP contribution in [-0.2, 0) is 13.0 Å². The van der Waals surface area contributed by atoms with Crippen LogP contribution in [0, 0.1) is 5.92 Å². The summed E-state index contributed by atoms with van der Waals surface area (Å²) in [6.45, 7) is 4.42. The number of thioether (sulfide) groups is 1. The van der Waals surface area contributed by atoms with Gasteiger partial charge in [0.25, 0.3) is 0 Å². The Bertz CT molecular complexity index is 739. The number of anilines is 1. The quantitative estimate of drug-likeness (QED) is 0.723. The molecule has 1 atom stereocenters. The molecular formula is C21H27Cl2N3S. The van der Waals surface area contributed by atoms with Gasteiger partial charge in [-0.1, -0.05) is 60.3 Å². The second kappa shape index (κ2) is 11.0. The predicted octanol–water partition coefficient (Wildman–Crippen LogP) is 5.11. The van der Waals surface area contributed by atoms with Crippen LogP contribution < -0.4 is 5.32 Å². The predicted molar refractivity (Wildman–Crippen MR) is 123 cm³/mol. The Balaban J connectivity index is 0.00000131. The van der Waals surface area contributed by atoms with Crippen LogP contribution in [-0.4, -0.2) is 35.5 Å². The molecule has 1 unspecified atom stereocenters. The van der Waals surface area contributed by atoms with Gasteiger partial charge in [0.05, 0.1) is 6.54 Å². The van der Waals surface area contributed by atoms with Crippen molar-refractivity contribution in [1.82, 2.24) is 4.90 Å². The maximum Gasteiger partial charge on any atom is 0.161 e. The first-order valence-electron chi connectivity index (χ1n) is 9.15. The number of likely N-dealkylation sites (tertiary alicyclic amines) is 1. The number of hydrogen-bond donors (Lipinski definition) is 1. The van der Waals surface area contributed by atoms with Gasteiger partial charge in [0.15, 0.2) is 5.17 Å². The zero-order valence-corrected chi connectivity index (χ0v) is 17.8. The minimum atomic E-state index is 0. The monoisotopic (exact) mass is 423 g/mol. The molecule has 2 aromatic rings. The van der Waals surface area contributed by atoms with E-state index in [2.05, 4.69) is 69.8 Å². The molecule has 27 heavy (non-hydrogen) atoms. The molecule has 146 valence electrons. The number of benzene rings is 2. The molecule has 0 aromatic heterocycles. The number of amidine groups is 1. The summed E-state index contributed by atoms with van der Waals surface area (Å²) < 4.78 is 0. The second-order valence-electron chi connectivity index (χ2n) is 6.90. The van der Waals surface area contributed by atoms with E-state index in [1.807, 2.05) is 11.8 Å². The van der Waals surface area contributed by atoms with Gasteiger partial charge in [-0.3, -0.25) is 4.99 Å². The summed E-state index contributed by atoms with van der Waals surface area (Å²) in [6, 6.07) is 19.3. The summed E-state index contributed by atoms with van der Waals surface area (Å²) in [5.41, 5.74) is 3.97. The third kappa shape index (κ3) is 6.15. The van der Waals surface area contributed by atoms with Crippen LogP contribution in [0.5, 0.6) is 0 Å². The molecule has 0 saturated carbocycles. The molecule has 0 radical (unpaired) electrons. The molecule has 0 spiro atoms. The highest BCUT2D eigenvalue weighted by molar-refractivity contribution is 8.14. The number of aliphatic imine (C=N–C) groups is 1. The maximum absolute atomic E-state index is 4.66. The molecule has 2 aliphatic rings. The zero-order valence-electron chi connectivity index (χ0n) is 15.3. The summed E-state index contributed by atoms with van der Waals surface area (Å²) in [6.07, 6.45) is 2.54. The summed E-state index contributed by atoms with van der Waals surface area (Å²) in [7, 11) is 0. The van der Waals surface area contributed by atoms with E-state index in [1.165, 1.54) is 42.7 Å². The number of nitrogens with zero attached hydrogens (tertiary/aromatic N) is 2. The van der Waals surface area contributed by atoms with E-state index in [0.29, 0.717) is 0 Å². The van der Waals surface area contributed by atoms with Crippen LogP contribution in [0.1, 0.15) is 17.5 Å². The number of fused-ring (bicyclic) bond motifs is 1. The normalized spacial score (nSPS) is 18.5. The highest BCUT2D eigenvalue weighted by Gasteiger charge is 2.22. The third-order valence-corrected chi connectivity index (χ3v) is 5.93. The van der Waals surface area contributed by atoms with Crippen molar-refractivity contribution in [2.24, 2.45) is 10.9 Å². The average molecular weight is 424 g/mol. The van der Waals surface area contributed by atoms with Crippen LogP contribution in [0.4, 0.5) is 5.69 Å². The van der Waals surface area contributed by atoms with Crippen molar-refractivity contribution in [1.29, 1.82) is 0 Å². The van der Waals surface area contributed by atoms with E-state index in [1.54, 1.807) is 0 Å². The Morgan fingerprint density at radius 3 is 2.67 bits per heavy atom. The molecule has 1 N–H and O–H groups in total. The lowest BCUT2D eigenvalue weighted by molar-refractivity contribution is 0.345. The van der Waals surface area contributed by atoms with Crippen molar-refractivity contribution in [3.63, 3.8) is 0 Å². The zero-order chi connectivity index (χ0) is 16.9. The van der Waals surface area contributed by atoms with Gasteiger partial charge in [-0.25, -0.2) is 0 Å². The molecule has 4 rings (SSSR count). The fraction of sp³-hybridized carbons (Fsp3) is 0.381. The van der Waals surface area contributed by atoms with Gasteiger partial charge in [0.1, 0.15) is 0 Å². The maximum atomic E-state index is 4.66. The Labute approximate surface area is 178 Å². The van der Waals surface area contributed by atoms with Gasteiger partial charge in [-0.05, 0) is 42.5 Å². The first kappa shape index (κ1) is 22.1. The molecule has 2 aliphatic heterocycles. The molecule has 1 fully saturated rings. The largest absolute Gasteiger partial charge is 0.335 e. The van der Waals surface area contributed by atoms with Crippen molar-refractivity contribution in [2.75, 3.05) is 30.7 Å². The van der Waals surface area contributed by atoms with Crippen molar-refractivity contribution in [2.45, 2.75) is 19.4 Å².